The topological polar surface area (TPSA) is 207 Å². The summed E-state index contributed by atoms with van der Waals surface area (Å²) in [5.41, 5.74) is 4.98. The van der Waals surface area contributed by atoms with Gasteiger partial charge in [-0.3, -0.25) is 15.4 Å². The van der Waals surface area contributed by atoms with Crippen molar-refractivity contribution in [3.63, 3.8) is 0 Å². The molecule has 6 rings (SSSR count). The van der Waals surface area contributed by atoms with Gasteiger partial charge in [0.2, 0.25) is 5.78 Å². The maximum absolute atomic E-state index is 13.8. The number of rotatable bonds is 19. The van der Waals surface area contributed by atoms with Crippen LogP contribution in [-0.2, 0) is 24.4 Å². The average molecular weight is 889 g/mol. The Balaban J connectivity index is 0.000000985. The van der Waals surface area contributed by atoms with E-state index >= 15 is 0 Å². The summed E-state index contributed by atoms with van der Waals surface area (Å²) in [5.74, 6) is 0.532. The highest BCUT2D eigenvalue weighted by molar-refractivity contribution is 7.52. The lowest BCUT2D eigenvalue weighted by Crippen LogP contribution is -3.11. The van der Waals surface area contributed by atoms with Crippen LogP contribution in [-0.4, -0.2) is 103 Å². The number of benzene rings is 4. The number of unbranched alkanes of at least 4 members (excludes halogenated alkanes) is 1. The second kappa shape index (κ2) is 21.6. The van der Waals surface area contributed by atoms with Gasteiger partial charge in [0.25, 0.3) is 0 Å². The van der Waals surface area contributed by atoms with Gasteiger partial charge in [0, 0.05) is 18.4 Å². The predicted molar refractivity (Wildman–Crippen MR) is 236 cm³/mol. The second-order valence-corrected chi connectivity index (χ2v) is 17.1. The SMILES string of the molecule is CCCCO[C@H]1[C@H](N2C=CC(N)(C(=O)c3ccccc3)NC2=O)O[C@H](COC(c2ccccc2)(c2ccc(OC)cc2)c2ccc(OC)cc2)[C@]1(O)P(=O)([O-])O.CC[NH+](CC)CC. The number of urea groups is 1. The number of methoxy groups -OCH3 is 2. The van der Waals surface area contributed by atoms with Crippen LogP contribution in [0.1, 0.15) is 67.6 Å². The number of ketones is 1. The number of carbonyl (C=O) groups excluding carboxylic acids is 2. The van der Waals surface area contributed by atoms with Crippen LogP contribution in [0, 0.1) is 0 Å². The Labute approximate surface area is 369 Å². The minimum atomic E-state index is -5.81. The number of hydrogen-bond acceptors (Lipinski definition) is 11. The lowest BCUT2D eigenvalue weighted by molar-refractivity contribution is -0.894. The van der Waals surface area contributed by atoms with Gasteiger partial charge in [-0.1, -0.05) is 98.3 Å². The van der Waals surface area contributed by atoms with Crippen LogP contribution in [0.4, 0.5) is 4.79 Å². The number of amides is 2. The lowest BCUT2D eigenvalue weighted by atomic mass is 9.80. The Kier molecular flexibility index (Phi) is 16.9. The van der Waals surface area contributed by atoms with E-state index in [1.807, 2.05) is 37.3 Å². The maximum Gasteiger partial charge on any atom is 0.325 e. The Morgan fingerprint density at radius 1 is 0.873 bits per heavy atom. The standard InChI is InChI=1S/C41H46N3O11P.C6H15N/c1-4-5-26-53-36-37(44-25-24-39(42,43-38(44)46)35(45)28-12-8-6-9-13-28)55-34(41(36,47)56(48,49)50)27-54-40(29-14-10-7-11-15-29,30-16-20-32(51-2)21-17-30)31-18-22-33(52-3)23-19-31;1-4-7(5-2)6-3/h6-25,34,36-37,47H,4-5,26-27,42H2,1-3H3,(H,43,46)(H2,48,49,50);4-6H2,1-3H3/t34-,36+,37-,39?,41+;/m1./s1. The maximum atomic E-state index is 13.8. The van der Waals surface area contributed by atoms with Gasteiger partial charge < -0.3 is 53.4 Å². The number of aliphatic hydroxyl groups is 1. The van der Waals surface area contributed by atoms with E-state index in [1.165, 1.54) is 46.1 Å². The van der Waals surface area contributed by atoms with Gasteiger partial charge in [-0.25, -0.2) is 4.79 Å². The molecule has 0 saturated carbocycles. The normalized spacial score (nSPS) is 23.1. The molecule has 2 heterocycles. The van der Waals surface area contributed by atoms with Gasteiger partial charge in [0.15, 0.2) is 24.8 Å². The van der Waals surface area contributed by atoms with Crippen LogP contribution < -0.4 is 30.3 Å². The van der Waals surface area contributed by atoms with Crippen molar-refractivity contribution in [1.82, 2.24) is 10.2 Å². The summed E-state index contributed by atoms with van der Waals surface area (Å²) in [7, 11) is -2.74. The Morgan fingerprint density at radius 2 is 1.38 bits per heavy atom. The van der Waals surface area contributed by atoms with Gasteiger partial charge in [-0.15, -0.1) is 0 Å². The van der Waals surface area contributed by atoms with E-state index in [4.69, 9.17) is 29.4 Å². The van der Waals surface area contributed by atoms with E-state index < -0.39 is 61.1 Å². The van der Waals surface area contributed by atoms with Crippen molar-refractivity contribution in [3.05, 3.63) is 144 Å². The Hall–Kier alpha value is -4.93. The van der Waals surface area contributed by atoms with Gasteiger partial charge in [-0.2, -0.15) is 0 Å². The number of hydrogen-bond donors (Lipinski definition) is 5. The van der Waals surface area contributed by atoms with Crippen molar-refractivity contribution in [2.24, 2.45) is 5.73 Å². The molecule has 4 aromatic rings. The van der Waals surface area contributed by atoms with E-state index in [9.17, 15) is 29.0 Å². The second-order valence-electron chi connectivity index (χ2n) is 15.3. The van der Waals surface area contributed by atoms with E-state index in [-0.39, 0.29) is 12.2 Å². The highest BCUT2D eigenvalue weighted by Gasteiger charge is 2.65. The number of carbonyl (C=O) groups is 2. The number of ether oxygens (including phenoxy) is 5. The largest absolute Gasteiger partial charge is 0.776 e. The third-order valence-corrected chi connectivity index (χ3v) is 13.0. The highest BCUT2D eigenvalue weighted by atomic mass is 31.2. The van der Waals surface area contributed by atoms with Gasteiger partial charge in [-0.05, 0) is 74.2 Å². The van der Waals surface area contributed by atoms with E-state index in [2.05, 4.69) is 26.1 Å². The zero-order valence-corrected chi connectivity index (χ0v) is 37.7. The molecule has 4 aromatic carbocycles. The summed E-state index contributed by atoms with van der Waals surface area (Å²) in [4.78, 5) is 54.1. The minimum Gasteiger partial charge on any atom is -0.776 e. The van der Waals surface area contributed by atoms with Crippen LogP contribution in [0.25, 0.3) is 0 Å². The zero-order valence-electron chi connectivity index (χ0n) is 36.8. The summed E-state index contributed by atoms with van der Waals surface area (Å²) in [5, 5.41) is 11.6. The highest BCUT2D eigenvalue weighted by Crippen LogP contribution is 2.56. The smallest absolute Gasteiger partial charge is 0.325 e. The summed E-state index contributed by atoms with van der Waals surface area (Å²) in [6.45, 7) is 11.6. The van der Waals surface area contributed by atoms with Crippen molar-refractivity contribution in [3.8, 4) is 11.5 Å². The fourth-order valence-electron chi connectivity index (χ4n) is 7.74. The van der Waals surface area contributed by atoms with Crippen molar-refractivity contribution >= 4 is 19.4 Å². The molecule has 15 nitrogen and oxygen atoms in total. The Morgan fingerprint density at radius 3 is 1.83 bits per heavy atom. The summed E-state index contributed by atoms with van der Waals surface area (Å²) < 4.78 is 43.4. The first-order valence-corrected chi connectivity index (χ1v) is 22.8. The summed E-state index contributed by atoms with van der Waals surface area (Å²) >= 11 is 0. The lowest BCUT2D eigenvalue weighted by Gasteiger charge is -2.42. The third-order valence-electron chi connectivity index (χ3n) is 11.6. The molecular weight excluding hydrogens is 828 g/mol. The number of nitrogens with zero attached hydrogens (tertiary/aromatic N) is 1. The molecule has 340 valence electrons. The quantitative estimate of drug-likeness (QED) is 0.0390. The zero-order chi connectivity index (χ0) is 45.8. The number of nitrogens with one attached hydrogen (secondary N) is 2. The molecule has 16 heteroatoms. The number of Topliss-reactive ketones (excluding diaryl/α,β-unsaturated/α-hetero) is 1. The van der Waals surface area contributed by atoms with Crippen LogP contribution in [0.2, 0.25) is 0 Å². The molecule has 0 radical (unpaired) electrons. The van der Waals surface area contributed by atoms with Gasteiger partial charge >= 0.3 is 6.03 Å². The molecule has 2 aliphatic rings. The predicted octanol–water partition coefficient (Wildman–Crippen LogP) is 4.16. The third kappa shape index (κ3) is 10.6. The molecule has 0 bridgehead atoms. The Bertz CT molecular complexity index is 2100. The van der Waals surface area contributed by atoms with Crippen molar-refractivity contribution in [2.75, 3.05) is 47.1 Å². The molecule has 63 heavy (non-hydrogen) atoms. The average Bonchev–Trinajstić information content (AvgIpc) is 3.59. The molecular formula is C47H61N4O11P. The minimum absolute atomic E-state index is 0.0605. The molecule has 6 N–H and O–H groups in total. The van der Waals surface area contributed by atoms with Crippen LogP contribution >= 0.6 is 7.60 Å². The first-order valence-electron chi connectivity index (χ1n) is 21.2. The van der Waals surface area contributed by atoms with E-state index in [1.54, 1.807) is 83.8 Å². The van der Waals surface area contributed by atoms with Crippen LogP contribution in [0.5, 0.6) is 11.5 Å². The summed E-state index contributed by atoms with van der Waals surface area (Å²) in [6.07, 6.45) is -1.87. The molecule has 2 amide bonds. The van der Waals surface area contributed by atoms with Crippen molar-refractivity contribution in [1.29, 1.82) is 0 Å². The molecule has 0 aliphatic carbocycles. The summed E-state index contributed by atoms with van der Waals surface area (Å²) in [6, 6.07) is 30.5. The van der Waals surface area contributed by atoms with Crippen LogP contribution in [0.15, 0.2) is 121 Å². The van der Waals surface area contributed by atoms with Crippen LogP contribution in [0.3, 0.4) is 0 Å². The first kappa shape index (κ1) is 49.1. The van der Waals surface area contributed by atoms with Gasteiger partial charge in [0.05, 0.1) is 40.5 Å². The van der Waals surface area contributed by atoms with E-state index in [0.29, 0.717) is 41.0 Å². The molecule has 0 spiro atoms. The first-order chi connectivity index (χ1) is 30.2. The molecule has 2 aliphatic heterocycles. The van der Waals surface area contributed by atoms with E-state index in [0.717, 1.165) is 4.90 Å². The monoisotopic (exact) mass is 888 g/mol. The fraction of sp³-hybridized carbons (Fsp3) is 0.404. The molecule has 1 saturated heterocycles. The fourth-order valence-corrected chi connectivity index (χ4v) is 8.77. The van der Waals surface area contributed by atoms with Crippen molar-refractivity contribution in [2.45, 2.75) is 75.6 Å². The molecule has 1 fully saturated rings. The number of nitrogens with two attached hydrogens (primary N) is 1. The number of quaternary nitrogens is 1. The van der Waals surface area contributed by atoms with Gasteiger partial charge in [0.1, 0.15) is 29.3 Å². The molecule has 0 aromatic heterocycles. The molecule has 6 atom stereocenters. The van der Waals surface area contributed by atoms with Crippen molar-refractivity contribution < 1.29 is 57.6 Å². The molecule has 2 unspecified atom stereocenters.